The van der Waals surface area contributed by atoms with Crippen molar-refractivity contribution >= 4 is 31.5 Å². The Morgan fingerprint density at radius 1 is 1.06 bits per heavy atom. The molecular formula is C21H28N2O6S2. The highest BCUT2D eigenvalue weighted by Crippen LogP contribution is 2.18. The van der Waals surface area contributed by atoms with Crippen LogP contribution in [0.2, 0.25) is 0 Å². The Kier molecular flexibility index (Phi) is 8.46. The monoisotopic (exact) mass is 468 g/mol. The van der Waals surface area contributed by atoms with Gasteiger partial charge in [-0.25, -0.2) is 16.8 Å². The fraction of sp³-hybridized carbons (Fsp3) is 0.381. The third kappa shape index (κ3) is 7.87. The van der Waals surface area contributed by atoms with E-state index in [1.165, 1.54) is 23.1 Å². The molecule has 2 aromatic carbocycles. The molecule has 10 heteroatoms. The Morgan fingerprint density at radius 2 is 1.77 bits per heavy atom. The van der Waals surface area contributed by atoms with Gasteiger partial charge >= 0.3 is 0 Å². The van der Waals surface area contributed by atoms with Crippen molar-refractivity contribution in [1.29, 1.82) is 0 Å². The first-order chi connectivity index (χ1) is 14.5. The Morgan fingerprint density at radius 3 is 2.45 bits per heavy atom. The van der Waals surface area contributed by atoms with Crippen LogP contribution < -0.4 is 9.46 Å². The lowest BCUT2D eigenvalue weighted by Gasteiger charge is -2.18. The quantitative estimate of drug-likeness (QED) is 0.508. The standard InChI is InChI=1S/C21H28N2O6S2/c1-4-14-31(27,28)22-18-9-5-8-17(15-18)21(24)23(2)12-7-13-29-19-10-6-11-20(16-19)30(3,25)26/h5-6,8-11,15-16,22H,4,7,12-14H2,1-3H3. The van der Waals surface area contributed by atoms with Crippen molar-refractivity contribution in [3.63, 3.8) is 0 Å². The number of sulfonamides is 1. The maximum absolute atomic E-state index is 12.6. The first kappa shape index (κ1) is 24.7. The van der Waals surface area contributed by atoms with Gasteiger partial charge in [-0.1, -0.05) is 19.1 Å². The van der Waals surface area contributed by atoms with Crippen LogP contribution in [-0.4, -0.2) is 59.9 Å². The molecular weight excluding hydrogens is 440 g/mol. The molecule has 0 aliphatic carbocycles. The summed E-state index contributed by atoms with van der Waals surface area (Å²) in [4.78, 5) is 14.4. The topological polar surface area (TPSA) is 110 Å². The number of ether oxygens (including phenoxy) is 1. The average Bonchev–Trinajstić information content (AvgIpc) is 2.70. The number of benzene rings is 2. The first-order valence-corrected chi connectivity index (χ1v) is 13.3. The van der Waals surface area contributed by atoms with Gasteiger partial charge in [0.1, 0.15) is 5.75 Å². The van der Waals surface area contributed by atoms with Crippen LogP contribution in [-0.2, 0) is 19.9 Å². The van der Waals surface area contributed by atoms with E-state index in [0.717, 1.165) is 6.26 Å². The van der Waals surface area contributed by atoms with Crippen LogP contribution >= 0.6 is 0 Å². The zero-order valence-corrected chi connectivity index (χ0v) is 19.5. The van der Waals surface area contributed by atoms with E-state index in [-0.39, 0.29) is 16.6 Å². The average molecular weight is 469 g/mol. The number of carbonyl (C=O) groups excluding carboxylic acids is 1. The van der Waals surface area contributed by atoms with E-state index in [4.69, 9.17) is 4.74 Å². The fourth-order valence-corrected chi connectivity index (χ4v) is 4.60. The van der Waals surface area contributed by atoms with Crippen molar-refractivity contribution in [2.45, 2.75) is 24.7 Å². The molecule has 0 bridgehead atoms. The molecule has 0 aliphatic rings. The highest BCUT2D eigenvalue weighted by atomic mass is 32.2. The predicted octanol–water partition coefficient (Wildman–Crippen LogP) is 2.78. The minimum absolute atomic E-state index is 0.0121. The molecule has 0 fully saturated rings. The van der Waals surface area contributed by atoms with Crippen LogP contribution in [0.15, 0.2) is 53.4 Å². The van der Waals surface area contributed by atoms with Gasteiger partial charge in [0.25, 0.3) is 5.91 Å². The van der Waals surface area contributed by atoms with E-state index >= 15 is 0 Å². The van der Waals surface area contributed by atoms with Gasteiger partial charge in [0.2, 0.25) is 10.0 Å². The van der Waals surface area contributed by atoms with Crippen molar-refractivity contribution in [1.82, 2.24) is 4.90 Å². The first-order valence-electron chi connectivity index (χ1n) is 9.81. The van der Waals surface area contributed by atoms with Crippen LogP contribution in [0.5, 0.6) is 5.75 Å². The molecule has 0 spiro atoms. The summed E-state index contributed by atoms with van der Waals surface area (Å²) in [5, 5.41) is 0. The zero-order valence-electron chi connectivity index (χ0n) is 17.9. The van der Waals surface area contributed by atoms with Gasteiger partial charge in [-0.2, -0.15) is 0 Å². The summed E-state index contributed by atoms with van der Waals surface area (Å²) in [5.41, 5.74) is 0.725. The second kappa shape index (κ2) is 10.6. The highest BCUT2D eigenvalue weighted by molar-refractivity contribution is 7.92. The van der Waals surface area contributed by atoms with Crippen LogP contribution in [0.3, 0.4) is 0 Å². The van der Waals surface area contributed by atoms with Crippen molar-refractivity contribution in [3.8, 4) is 5.75 Å². The van der Waals surface area contributed by atoms with Crippen LogP contribution in [0, 0.1) is 0 Å². The van der Waals surface area contributed by atoms with Gasteiger partial charge in [0, 0.05) is 31.1 Å². The molecule has 2 rings (SSSR count). The van der Waals surface area contributed by atoms with E-state index < -0.39 is 19.9 Å². The molecule has 0 radical (unpaired) electrons. The molecule has 170 valence electrons. The van der Waals surface area contributed by atoms with Crippen LogP contribution in [0.4, 0.5) is 5.69 Å². The van der Waals surface area contributed by atoms with E-state index in [1.807, 2.05) is 0 Å². The normalized spacial score (nSPS) is 11.7. The lowest BCUT2D eigenvalue weighted by Crippen LogP contribution is -2.28. The van der Waals surface area contributed by atoms with Crippen molar-refractivity contribution in [3.05, 3.63) is 54.1 Å². The van der Waals surface area contributed by atoms with Gasteiger partial charge in [0.15, 0.2) is 9.84 Å². The molecule has 2 aromatic rings. The SMILES string of the molecule is CCCS(=O)(=O)Nc1cccc(C(=O)N(C)CCCOc2cccc(S(C)(=O)=O)c2)c1. The number of nitrogens with zero attached hydrogens (tertiary/aromatic N) is 1. The fourth-order valence-electron chi connectivity index (χ4n) is 2.82. The largest absolute Gasteiger partial charge is 0.493 e. The summed E-state index contributed by atoms with van der Waals surface area (Å²) in [5.74, 6) is 0.220. The Hall–Kier alpha value is -2.59. The lowest BCUT2D eigenvalue weighted by molar-refractivity contribution is 0.0788. The molecule has 0 heterocycles. The minimum Gasteiger partial charge on any atom is -0.493 e. The van der Waals surface area contributed by atoms with E-state index in [1.54, 1.807) is 44.3 Å². The van der Waals surface area contributed by atoms with E-state index in [0.29, 0.717) is 43.0 Å². The number of amides is 1. The molecule has 8 nitrogen and oxygen atoms in total. The highest BCUT2D eigenvalue weighted by Gasteiger charge is 2.14. The summed E-state index contributed by atoms with van der Waals surface area (Å²) in [6.45, 7) is 2.50. The maximum Gasteiger partial charge on any atom is 0.253 e. The molecule has 1 N–H and O–H groups in total. The number of hydrogen-bond acceptors (Lipinski definition) is 6. The molecule has 0 aromatic heterocycles. The summed E-state index contributed by atoms with van der Waals surface area (Å²) < 4.78 is 55.1. The summed E-state index contributed by atoms with van der Waals surface area (Å²) in [6.07, 6.45) is 2.17. The van der Waals surface area contributed by atoms with Gasteiger partial charge in [0.05, 0.1) is 17.3 Å². The van der Waals surface area contributed by atoms with Crippen molar-refractivity contribution in [2.24, 2.45) is 0 Å². The Labute approximate surface area is 184 Å². The molecule has 0 saturated heterocycles. The van der Waals surface area contributed by atoms with E-state index in [9.17, 15) is 21.6 Å². The third-order valence-electron chi connectivity index (χ3n) is 4.34. The number of rotatable bonds is 11. The zero-order chi connectivity index (χ0) is 23.1. The molecule has 0 aliphatic heterocycles. The summed E-state index contributed by atoms with van der Waals surface area (Å²) in [6, 6.07) is 12.6. The maximum atomic E-state index is 12.6. The van der Waals surface area contributed by atoms with Gasteiger partial charge in [-0.05, 0) is 49.2 Å². The second-order valence-electron chi connectivity index (χ2n) is 7.18. The van der Waals surface area contributed by atoms with E-state index in [2.05, 4.69) is 4.72 Å². The second-order valence-corrected chi connectivity index (χ2v) is 11.0. The molecule has 31 heavy (non-hydrogen) atoms. The minimum atomic E-state index is -3.43. The Bertz CT molecular complexity index is 1110. The molecule has 0 saturated carbocycles. The van der Waals surface area contributed by atoms with Gasteiger partial charge < -0.3 is 9.64 Å². The van der Waals surface area contributed by atoms with Crippen molar-refractivity contribution in [2.75, 3.05) is 36.9 Å². The smallest absolute Gasteiger partial charge is 0.253 e. The number of carbonyl (C=O) groups is 1. The number of nitrogens with one attached hydrogen (secondary N) is 1. The van der Waals surface area contributed by atoms with Crippen LogP contribution in [0.25, 0.3) is 0 Å². The number of hydrogen-bond donors (Lipinski definition) is 1. The molecule has 0 atom stereocenters. The molecule has 1 amide bonds. The predicted molar refractivity (Wildman–Crippen MR) is 121 cm³/mol. The summed E-state index contributed by atoms with van der Waals surface area (Å²) >= 11 is 0. The number of anilines is 1. The Balaban J connectivity index is 1.90. The molecule has 0 unspecified atom stereocenters. The van der Waals surface area contributed by atoms with Crippen molar-refractivity contribution < 1.29 is 26.4 Å². The third-order valence-corrected chi connectivity index (χ3v) is 6.95. The number of sulfone groups is 1. The van der Waals surface area contributed by atoms with Crippen LogP contribution in [0.1, 0.15) is 30.1 Å². The van der Waals surface area contributed by atoms with Gasteiger partial charge in [-0.3, -0.25) is 9.52 Å². The summed E-state index contributed by atoms with van der Waals surface area (Å²) in [7, 11) is -5.08. The lowest BCUT2D eigenvalue weighted by atomic mass is 10.2. The van der Waals surface area contributed by atoms with Gasteiger partial charge in [-0.15, -0.1) is 0 Å².